The highest BCUT2D eigenvalue weighted by molar-refractivity contribution is 7.20. The quantitative estimate of drug-likeness (QED) is 0.918. The van der Waals surface area contributed by atoms with E-state index < -0.39 is 5.97 Å². The molecule has 0 amide bonds. The van der Waals surface area contributed by atoms with E-state index in [1.54, 1.807) is 6.07 Å². The third-order valence-corrected chi connectivity index (χ3v) is 3.68. The normalized spacial score (nSPS) is 10.8. The molecule has 0 unspecified atom stereocenters. The van der Waals surface area contributed by atoms with E-state index in [0.29, 0.717) is 33.0 Å². The lowest BCUT2D eigenvalue weighted by atomic mass is 10.3. The Balaban J connectivity index is 2.17. The zero-order valence-electron chi connectivity index (χ0n) is 9.01. The zero-order chi connectivity index (χ0) is 13.1. The highest BCUT2D eigenvalue weighted by Gasteiger charge is 2.15. The van der Waals surface area contributed by atoms with Gasteiger partial charge in [0.15, 0.2) is 5.82 Å². The Labute approximate surface area is 116 Å². The molecule has 96 valence electrons. The molecule has 0 aliphatic carbocycles. The summed E-state index contributed by atoms with van der Waals surface area (Å²) < 4.78 is 2.58. The van der Waals surface area contributed by atoms with Crippen LogP contribution in [0.15, 0.2) is 6.07 Å². The van der Waals surface area contributed by atoms with E-state index >= 15 is 0 Å². The van der Waals surface area contributed by atoms with Crippen LogP contribution in [0, 0.1) is 0 Å². The molecule has 0 saturated carbocycles. The molecule has 18 heavy (non-hydrogen) atoms. The van der Waals surface area contributed by atoms with Gasteiger partial charge in [0.1, 0.15) is 4.34 Å². The van der Waals surface area contributed by atoms with Crippen molar-refractivity contribution in [2.45, 2.75) is 19.4 Å². The van der Waals surface area contributed by atoms with Crippen molar-refractivity contribution >= 4 is 40.5 Å². The van der Waals surface area contributed by atoms with E-state index in [2.05, 4.69) is 15.5 Å². The first-order valence-electron chi connectivity index (χ1n) is 5.01. The van der Waals surface area contributed by atoms with Crippen LogP contribution < -0.4 is 0 Å². The fraction of sp³-hybridized carbons (Fsp3) is 0.333. The van der Waals surface area contributed by atoms with Gasteiger partial charge in [-0.15, -0.1) is 16.4 Å². The van der Waals surface area contributed by atoms with Crippen molar-refractivity contribution in [2.24, 2.45) is 0 Å². The fourth-order valence-corrected chi connectivity index (χ4v) is 2.88. The number of aryl methyl sites for hydroxylation is 1. The number of carbonyl (C=O) groups is 1. The lowest BCUT2D eigenvalue weighted by Gasteiger charge is -2.02. The van der Waals surface area contributed by atoms with Gasteiger partial charge in [-0.25, -0.2) is 4.68 Å². The highest BCUT2D eigenvalue weighted by atomic mass is 35.5. The molecule has 2 rings (SSSR count). The molecule has 2 aromatic heterocycles. The van der Waals surface area contributed by atoms with Crippen LogP contribution in [-0.4, -0.2) is 31.3 Å². The third kappa shape index (κ3) is 2.98. The van der Waals surface area contributed by atoms with Crippen molar-refractivity contribution in [3.8, 4) is 11.4 Å². The predicted molar refractivity (Wildman–Crippen MR) is 68.0 cm³/mol. The minimum absolute atomic E-state index is 0.0669. The number of hydrogen-bond acceptors (Lipinski definition) is 5. The molecule has 0 saturated heterocycles. The molecule has 0 spiro atoms. The van der Waals surface area contributed by atoms with Crippen LogP contribution in [0.3, 0.4) is 0 Å². The topological polar surface area (TPSA) is 80.9 Å². The molecule has 2 aromatic rings. The maximum absolute atomic E-state index is 10.4. The molecule has 0 fully saturated rings. The molecular formula is C9H8Cl2N4O2S. The summed E-state index contributed by atoms with van der Waals surface area (Å²) in [5, 5.41) is 19.8. The Hall–Kier alpha value is -1.18. The SMILES string of the molecule is O=C(O)CCCn1nnnc1-c1cc(Cl)sc1Cl. The second-order valence-electron chi connectivity index (χ2n) is 3.46. The Bertz CT molecular complexity index is 569. The summed E-state index contributed by atoms with van der Waals surface area (Å²) in [6.45, 7) is 0.415. The zero-order valence-corrected chi connectivity index (χ0v) is 11.3. The Morgan fingerprint density at radius 2 is 2.28 bits per heavy atom. The fourth-order valence-electron chi connectivity index (χ4n) is 1.42. The molecule has 2 heterocycles. The summed E-state index contributed by atoms with van der Waals surface area (Å²) in [6.07, 6.45) is 0.514. The van der Waals surface area contributed by atoms with Crippen LogP contribution in [0.2, 0.25) is 8.67 Å². The average molecular weight is 307 g/mol. The summed E-state index contributed by atoms with van der Waals surface area (Å²) in [5.74, 6) is -0.352. The third-order valence-electron chi connectivity index (χ3n) is 2.19. The van der Waals surface area contributed by atoms with Crippen molar-refractivity contribution in [1.82, 2.24) is 20.2 Å². The molecule has 0 aliphatic rings. The van der Waals surface area contributed by atoms with Crippen molar-refractivity contribution < 1.29 is 9.90 Å². The molecule has 6 nitrogen and oxygen atoms in total. The summed E-state index contributed by atoms with van der Waals surface area (Å²) in [4.78, 5) is 10.4. The Kier molecular flexibility index (Phi) is 4.15. The lowest BCUT2D eigenvalue weighted by Crippen LogP contribution is -2.05. The number of carboxylic acid groups (broad SMARTS) is 1. The molecule has 0 radical (unpaired) electrons. The first-order chi connectivity index (χ1) is 8.58. The van der Waals surface area contributed by atoms with Crippen molar-refractivity contribution in [3.05, 3.63) is 14.7 Å². The number of carboxylic acids is 1. The van der Waals surface area contributed by atoms with E-state index in [4.69, 9.17) is 28.3 Å². The van der Waals surface area contributed by atoms with Gasteiger partial charge in [0.25, 0.3) is 0 Å². The van der Waals surface area contributed by atoms with Crippen molar-refractivity contribution in [1.29, 1.82) is 0 Å². The Morgan fingerprint density at radius 3 is 2.89 bits per heavy atom. The predicted octanol–water partition coefficient (Wildman–Crippen LogP) is 2.57. The highest BCUT2D eigenvalue weighted by Crippen LogP contribution is 2.36. The minimum Gasteiger partial charge on any atom is -0.481 e. The summed E-state index contributed by atoms with van der Waals surface area (Å²) >= 11 is 13.1. The maximum Gasteiger partial charge on any atom is 0.303 e. The van der Waals surface area contributed by atoms with Gasteiger partial charge in [-0.3, -0.25) is 4.79 Å². The number of rotatable bonds is 5. The van der Waals surface area contributed by atoms with Gasteiger partial charge in [-0.1, -0.05) is 23.2 Å². The summed E-state index contributed by atoms with van der Waals surface area (Å²) in [7, 11) is 0. The monoisotopic (exact) mass is 306 g/mol. The van der Waals surface area contributed by atoms with Crippen LogP contribution in [0.5, 0.6) is 0 Å². The first kappa shape index (κ1) is 13.3. The van der Waals surface area contributed by atoms with Gasteiger partial charge in [0.05, 0.1) is 9.90 Å². The second kappa shape index (κ2) is 5.64. The lowest BCUT2D eigenvalue weighted by molar-refractivity contribution is -0.137. The van der Waals surface area contributed by atoms with Crippen LogP contribution in [-0.2, 0) is 11.3 Å². The molecular weight excluding hydrogens is 299 g/mol. The summed E-state index contributed by atoms with van der Waals surface area (Å²) in [6, 6.07) is 1.69. The number of thiophene rings is 1. The van der Waals surface area contributed by atoms with Gasteiger partial charge >= 0.3 is 5.97 Å². The molecule has 0 aliphatic heterocycles. The van der Waals surface area contributed by atoms with Crippen LogP contribution >= 0.6 is 34.5 Å². The van der Waals surface area contributed by atoms with Gasteiger partial charge in [-0.05, 0) is 22.9 Å². The van der Waals surface area contributed by atoms with Gasteiger partial charge in [0, 0.05) is 13.0 Å². The Morgan fingerprint density at radius 1 is 1.50 bits per heavy atom. The number of aliphatic carboxylic acids is 1. The molecule has 9 heteroatoms. The number of nitrogens with zero attached hydrogens (tertiary/aromatic N) is 4. The average Bonchev–Trinajstić information content (AvgIpc) is 2.84. The minimum atomic E-state index is -0.846. The van der Waals surface area contributed by atoms with E-state index in [-0.39, 0.29) is 6.42 Å². The van der Waals surface area contributed by atoms with E-state index in [1.165, 1.54) is 16.0 Å². The number of hydrogen-bond donors (Lipinski definition) is 1. The summed E-state index contributed by atoms with van der Waals surface area (Å²) in [5.41, 5.74) is 0.659. The van der Waals surface area contributed by atoms with Gasteiger partial charge < -0.3 is 5.11 Å². The van der Waals surface area contributed by atoms with Crippen LogP contribution in [0.4, 0.5) is 0 Å². The smallest absolute Gasteiger partial charge is 0.303 e. The first-order valence-corrected chi connectivity index (χ1v) is 6.58. The molecule has 0 aromatic carbocycles. The van der Waals surface area contributed by atoms with Gasteiger partial charge in [-0.2, -0.15) is 0 Å². The van der Waals surface area contributed by atoms with Crippen molar-refractivity contribution in [2.75, 3.05) is 0 Å². The van der Waals surface area contributed by atoms with E-state index in [0.717, 1.165) is 0 Å². The standard InChI is InChI=1S/C9H8Cl2N4O2S/c10-6-4-5(8(11)18-6)9-12-13-14-15(9)3-1-2-7(16)17/h4H,1-3H2,(H,16,17). The van der Waals surface area contributed by atoms with Crippen molar-refractivity contribution in [3.63, 3.8) is 0 Å². The van der Waals surface area contributed by atoms with E-state index in [1.807, 2.05) is 0 Å². The number of tetrazole rings is 1. The van der Waals surface area contributed by atoms with E-state index in [9.17, 15) is 4.79 Å². The number of aromatic nitrogens is 4. The second-order valence-corrected chi connectivity index (χ2v) is 5.75. The molecule has 1 N–H and O–H groups in total. The molecule has 0 bridgehead atoms. The van der Waals surface area contributed by atoms with Crippen LogP contribution in [0.1, 0.15) is 12.8 Å². The molecule has 0 atom stereocenters. The maximum atomic E-state index is 10.4. The largest absolute Gasteiger partial charge is 0.481 e. The van der Waals surface area contributed by atoms with Crippen LogP contribution in [0.25, 0.3) is 11.4 Å². The van der Waals surface area contributed by atoms with Gasteiger partial charge in [0.2, 0.25) is 0 Å². The number of halogens is 2.